The minimum absolute atomic E-state index is 0.0418. The lowest BCUT2D eigenvalue weighted by atomic mass is 10.3. The predicted molar refractivity (Wildman–Crippen MR) is 94.4 cm³/mol. The first kappa shape index (κ1) is 20.7. The van der Waals surface area contributed by atoms with Crippen molar-refractivity contribution in [3.63, 3.8) is 0 Å². The maximum atomic E-state index is 12.5. The van der Waals surface area contributed by atoms with E-state index in [9.17, 15) is 16.8 Å². The quantitative estimate of drug-likeness (QED) is 0.552. The monoisotopic (exact) mass is 379 g/mol. The minimum atomic E-state index is -3.88. The molecule has 0 radical (unpaired) electrons. The molecular formula is C14H25N3O5S2. The van der Waals surface area contributed by atoms with Gasteiger partial charge in [-0.05, 0) is 32.5 Å². The molecule has 0 bridgehead atoms. The van der Waals surface area contributed by atoms with Crippen LogP contribution >= 0.6 is 0 Å². The van der Waals surface area contributed by atoms with Gasteiger partial charge in [0.15, 0.2) is 0 Å². The first-order valence-corrected chi connectivity index (χ1v) is 10.7. The summed E-state index contributed by atoms with van der Waals surface area (Å²) in [6.45, 7) is 6.13. The van der Waals surface area contributed by atoms with Crippen molar-refractivity contribution in [2.45, 2.75) is 31.7 Å². The van der Waals surface area contributed by atoms with Crippen LogP contribution in [0.4, 0.5) is 5.69 Å². The largest absolute Gasteiger partial charge is 0.497 e. The lowest BCUT2D eigenvalue weighted by Gasteiger charge is -2.16. The van der Waals surface area contributed by atoms with E-state index >= 15 is 0 Å². The zero-order valence-corrected chi connectivity index (χ0v) is 15.9. The molecule has 0 aromatic heterocycles. The Bertz CT molecular complexity index is 748. The van der Waals surface area contributed by atoms with E-state index in [1.54, 1.807) is 0 Å². The van der Waals surface area contributed by atoms with Gasteiger partial charge in [-0.3, -0.25) is 4.72 Å². The zero-order valence-electron chi connectivity index (χ0n) is 14.3. The summed E-state index contributed by atoms with van der Waals surface area (Å²) in [5.41, 5.74) is -0.0418. The van der Waals surface area contributed by atoms with Gasteiger partial charge in [0, 0.05) is 18.7 Å². The number of rotatable bonds is 10. The second-order valence-electron chi connectivity index (χ2n) is 5.18. The van der Waals surface area contributed by atoms with E-state index in [0.717, 1.165) is 0 Å². The third-order valence-corrected chi connectivity index (χ3v) is 6.03. The normalized spacial score (nSPS) is 13.5. The van der Waals surface area contributed by atoms with Crippen molar-refractivity contribution in [3.05, 3.63) is 18.2 Å². The van der Waals surface area contributed by atoms with Crippen molar-refractivity contribution in [3.8, 4) is 5.75 Å². The van der Waals surface area contributed by atoms with Gasteiger partial charge in [0.2, 0.25) is 20.0 Å². The predicted octanol–water partition coefficient (Wildman–Crippen LogP) is 0.733. The number of likely N-dealkylation sites (N-methyl/N-ethyl adjacent to an activating group) is 1. The summed E-state index contributed by atoms with van der Waals surface area (Å²) >= 11 is 0. The summed E-state index contributed by atoms with van der Waals surface area (Å²) in [6, 6.07) is 4.06. The van der Waals surface area contributed by atoms with Gasteiger partial charge < -0.3 is 10.1 Å². The molecule has 0 amide bonds. The Morgan fingerprint density at radius 1 is 1.17 bits per heavy atom. The molecule has 1 atom stereocenters. The molecule has 0 aliphatic rings. The number of methoxy groups -OCH3 is 1. The van der Waals surface area contributed by atoms with Gasteiger partial charge in [0.1, 0.15) is 10.6 Å². The fraction of sp³-hybridized carbons (Fsp3) is 0.571. The van der Waals surface area contributed by atoms with Crippen LogP contribution in [0.15, 0.2) is 23.1 Å². The fourth-order valence-electron chi connectivity index (χ4n) is 1.92. The van der Waals surface area contributed by atoms with Crippen molar-refractivity contribution in [1.82, 2.24) is 10.0 Å². The molecule has 0 unspecified atom stereocenters. The molecule has 1 rings (SSSR count). The summed E-state index contributed by atoms with van der Waals surface area (Å²) in [5, 5.41) is 3.09. The molecule has 8 nitrogen and oxygen atoms in total. The molecule has 0 fully saturated rings. The van der Waals surface area contributed by atoms with E-state index in [2.05, 4.69) is 14.8 Å². The number of anilines is 1. The summed E-state index contributed by atoms with van der Waals surface area (Å²) in [5.74, 6) is 0.179. The Balaban J connectivity index is 3.16. The van der Waals surface area contributed by atoms with Crippen LogP contribution in [0.2, 0.25) is 0 Å². The molecule has 0 heterocycles. The number of ether oxygens (including phenoxy) is 1. The highest BCUT2D eigenvalue weighted by Crippen LogP contribution is 2.27. The molecule has 3 N–H and O–H groups in total. The van der Waals surface area contributed by atoms with Gasteiger partial charge in [-0.2, -0.15) is 0 Å². The van der Waals surface area contributed by atoms with E-state index in [4.69, 9.17) is 4.74 Å². The standard InChI is InChI=1S/C14H25N3O5S2/c1-5-15-11(3)10-16-24(20,21)14-8-7-12(22-4)9-13(14)17-23(18,19)6-2/h7-9,11,15-17H,5-6,10H2,1-4H3/t11-/m1/s1. The van der Waals surface area contributed by atoms with Crippen LogP contribution in [0.1, 0.15) is 20.8 Å². The molecule has 138 valence electrons. The van der Waals surface area contributed by atoms with Crippen molar-refractivity contribution < 1.29 is 21.6 Å². The second-order valence-corrected chi connectivity index (χ2v) is 8.92. The van der Waals surface area contributed by atoms with Crippen LogP contribution in [-0.2, 0) is 20.0 Å². The lowest BCUT2D eigenvalue weighted by molar-refractivity contribution is 0.414. The average molecular weight is 380 g/mol. The van der Waals surface area contributed by atoms with E-state index in [1.165, 1.54) is 32.2 Å². The smallest absolute Gasteiger partial charge is 0.242 e. The Kier molecular flexibility index (Phi) is 7.46. The Morgan fingerprint density at radius 2 is 1.83 bits per heavy atom. The van der Waals surface area contributed by atoms with Gasteiger partial charge in [0.25, 0.3) is 0 Å². The molecule has 10 heteroatoms. The number of hydrogen-bond donors (Lipinski definition) is 3. The van der Waals surface area contributed by atoms with Crippen LogP contribution < -0.4 is 19.5 Å². The SMILES string of the molecule is CCN[C@H](C)CNS(=O)(=O)c1ccc(OC)cc1NS(=O)(=O)CC. The van der Waals surface area contributed by atoms with E-state index in [1.807, 2.05) is 13.8 Å². The maximum absolute atomic E-state index is 12.5. The Labute approximate surface area is 144 Å². The molecule has 24 heavy (non-hydrogen) atoms. The Hall–Kier alpha value is -1.36. The molecule has 0 saturated carbocycles. The third-order valence-electron chi connectivity index (χ3n) is 3.25. The minimum Gasteiger partial charge on any atom is -0.497 e. The maximum Gasteiger partial charge on any atom is 0.242 e. The number of sulfonamides is 2. The summed E-state index contributed by atoms with van der Waals surface area (Å²) in [7, 11) is -6.10. The van der Waals surface area contributed by atoms with E-state index < -0.39 is 20.0 Å². The van der Waals surface area contributed by atoms with E-state index in [-0.39, 0.29) is 28.9 Å². The summed E-state index contributed by atoms with van der Waals surface area (Å²) < 4.78 is 58.5. The van der Waals surface area contributed by atoms with Gasteiger partial charge >= 0.3 is 0 Å². The highest BCUT2D eigenvalue weighted by Gasteiger charge is 2.22. The molecule has 0 saturated heterocycles. The van der Waals surface area contributed by atoms with Crippen LogP contribution in [0.3, 0.4) is 0 Å². The highest BCUT2D eigenvalue weighted by atomic mass is 32.2. The summed E-state index contributed by atoms with van der Waals surface area (Å²) in [6.07, 6.45) is 0. The van der Waals surface area contributed by atoms with Crippen molar-refractivity contribution in [1.29, 1.82) is 0 Å². The van der Waals surface area contributed by atoms with Crippen molar-refractivity contribution in [2.24, 2.45) is 0 Å². The Morgan fingerprint density at radius 3 is 2.38 bits per heavy atom. The molecular weight excluding hydrogens is 354 g/mol. The first-order chi connectivity index (χ1) is 11.1. The van der Waals surface area contributed by atoms with Crippen LogP contribution in [0, 0.1) is 0 Å². The van der Waals surface area contributed by atoms with Gasteiger partial charge in [-0.15, -0.1) is 0 Å². The molecule has 1 aromatic rings. The molecule has 0 spiro atoms. The van der Waals surface area contributed by atoms with Crippen LogP contribution in [0.25, 0.3) is 0 Å². The van der Waals surface area contributed by atoms with Crippen molar-refractivity contribution >= 4 is 25.7 Å². The molecule has 1 aromatic carbocycles. The van der Waals surface area contributed by atoms with Gasteiger partial charge in [-0.1, -0.05) is 6.92 Å². The van der Waals surface area contributed by atoms with E-state index in [0.29, 0.717) is 12.3 Å². The van der Waals surface area contributed by atoms with Crippen molar-refractivity contribution in [2.75, 3.05) is 30.7 Å². The van der Waals surface area contributed by atoms with Gasteiger partial charge in [0.05, 0.1) is 18.6 Å². The topological polar surface area (TPSA) is 114 Å². The highest BCUT2D eigenvalue weighted by molar-refractivity contribution is 7.93. The number of benzene rings is 1. The van der Waals surface area contributed by atoms with Crippen LogP contribution in [-0.4, -0.2) is 48.8 Å². The second kappa shape index (κ2) is 8.65. The zero-order chi connectivity index (χ0) is 18.4. The number of nitrogens with one attached hydrogen (secondary N) is 3. The average Bonchev–Trinajstić information content (AvgIpc) is 2.52. The molecule has 0 aliphatic carbocycles. The first-order valence-electron chi connectivity index (χ1n) is 7.56. The van der Waals surface area contributed by atoms with Crippen LogP contribution in [0.5, 0.6) is 5.75 Å². The van der Waals surface area contributed by atoms with Gasteiger partial charge in [-0.25, -0.2) is 21.6 Å². The summed E-state index contributed by atoms with van der Waals surface area (Å²) in [4.78, 5) is -0.149. The fourth-order valence-corrected chi connectivity index (χ4v) is 3.91. The number of hydrogen-bond acceptors (Lipinski definition) is 6. The third kappa shape index (κ3) is 5.93. The lowest BCUT2D eigenvalue weighted by Crippen LogP contribution is -2.39. The molecule has 0 aliphatic heterocycles.